The lowest BCUT2D eigenvalue weighted by atomic mass is 9.98. The maximum absolute atomic E-state index is 14.5. The summed E-state index contributed by atoms with van der Waals surface area (Å²) in [7, 11) is 1.85. The van der Waals surface area contributed by atoms with E-state index in [1.54, 1.807) is 31.2 Å². The van der Waals surface area contributed by atoms with Crippen LogP contribution in [0, 0.1) is 0 Å². The summed E-state index contributed by atoms with van der Waals surface area (Å²) in [5, 5.41) is 13.2. The number of rotatable bonds is 5. The number of fused-ring (bicyclic) bond motifs is 1. The molecule has 1 aliphatic heterocycles. The minimum Gasteiger partial charge on any atom is -0.392 e. The summed E-state index contributed by atoms with van der Waals surface area (Å²) in [5.74, 6) is 0. The zero-order chi connectivity index (χ0) is 22.1. The van der Waals surface area contributed by atoms with Crippen LogP contribution < -0.4 is 5.32 Å². The van der Waals surface area contributed by atoms with E-state index in [1.807, 2.05) is 11.9 Å². The number of piperidine rings is 1. The number of allylic oxidation sites excluding steroid dienone is 2. The van der Waals surface area contributed by atoms with Crippen molar-refractivity contribution in [2.75, 3.05) is 32.1 Å². The summed E-state index contributed by atoms with van der Waals surface area (Å²) in [4.78, 5) is 6.10. The number of aliphatic hydroxyl groups is 1. The molecular weight excluding hydrogens is 398 g/mol. The number of nitrogens with one attached hydrogen (secondary N) is 1. The van der Waals surface area contributed by atoms with Gasteiger partial charge in [-0.2, -0.15) is 13.2 Å². The molecule has 1 aromatic carbocycles. The van der Waals surface area contributed by atoms with Crippen molar-refractivity contribution >= 4 is 27.6 Å². The number of benzene rings is 1. The number of anilines is 1. The van der Waals surface area contributed by atoms with Crippen LogP contribution in [0.3, 0.4) is 0 Å². The Labute approximate surface area is 172 Å². The summed E-state index contributed by atoms with van der Waals surface area (Å²) in [6, 6.07) is 6.12. The summed E-state index contributed by atoms with van der Waals surface area (Å²) in [6.07, 6.45) is -3.69. The summed E-state index contributed by atoms with van der Waals surface area (Å²) in [5.41, 5.74) is 0.0521. The topological polar surface area (TPSA) is 48.4 Å². The SMILES string of the molecule is C=C(c1nc(/C(C)=C/CO)cc2c(N[C@@H]3CCN(C)C[C@@H]3F)cccc12)C(F)(F)F. The molecule has 4 nitrogen and oxygen atoms in total. The molecule has 2 atom stereocenters. The van der Waals surface area contributed by atoms with E-state index in [1.165, 1.54) is 6.08 Å². The monoisotopic (exact) mass is 423 g/mol. The minimum atomic E-state index is -4.64. The number of pyridine rings is 1. The van der Waals surface area contributed by atoms with Gasteiger partial charge in [0.2, 0.25) is 0 Å². The smallest absolute Gasteiger partial charge is 0.392 e. The van der Waals surface area contributed by atoms with E-state index in [0.717, 1.165) is 6.54 Å². The first kappa shape index (κ1) is 22.2. The van der Waals surface area contributed by atoms with Crippen LogP contribution in [0.25, 0.3) is 21.9 Å². The van der Waals surface area contributed by atoms with Gasteiger partial charge in [0.15, 0.2) is 0 Å². The van der Waals surface area contributed by atoms with E-state index in [4.69, 9.17) is 0 Å². The molecule has 0 aliphatic carbocycles. The maximum atomic E-state index is 14.5. The second kappa shape index (κ2) is 8.73. The van der Waals surface area contributed by atoms with Crippen LogP contribution in [-0.4, -0.2) is 60.1 Å². The number of likely N-dealkylation sites (tertiary alicyclic amines) is 1. The van der Waals surface area contributed by atoms with E-state index in [9.17, 15) is 22.7 Å². The number of aliphatic hydroxyl groups excluding tert-OH is 1. The molecule has 1 aromatic heterocycles. The Morgan fingerprint density at radius 1 is 1.37 bits per heavy atom. The fraction of sp³-hybridized carbons (Fsp3) is 0.409. The Balaban J connectivity index is 2.14. The van der Waals surface area contributed by atoms with Crippen LogP contribution in [0.2, 0.25) is 0 Å². The summed E-state index contributed by atoms with van der Waals surface area (Å²) >= 11 is 0. The predicted molar refractivity (Wildman–Crippen MR) is 112 cm³/mol. The molecule has 162 valence electrons. The molecule has 1 fully saturated rings. The van der Waals surface area contributed by atoms with Gasteiger partial charge in [-0.1, -0.05) is 24.8 Å². The molecule has 0 unspecified atom stereocenters. The zero-order valence-corrected chi connectivity index (χ0v) is 16.9. The molecule has 0 spiro atoms. The lowest BCUT2D eigenvalue weighted by Gasteiger charge is -2.33. The number of aromatic nitrogens is 1. The van der Waals surface area contributed by atoms with E-state index in [-0.39, 0.29) is 17.7 Å². The number of alkyl halides is 4. The van der Waals surface area contributed by atoms with Gasteiger partial charge in [-0.05, 0) is 38.1 Å². The second-order valence-electron chi connectivity index (χ2n) is 7.62. The van der Waals surface area contributed by atoms with Crippen LogP contribution >= 0.6 is 0 Å². The zero-order valence-electron chi connectivity index (χ0n) is 16.9. The first-order valence-electron chi connectivity index (χ1n) is 9.69. The van der Waals surface area contributed by atoms with Crippen LogP contribution in [0.1, 0.15) is 24.7 Å². The third kappa shape index (κ3) is 4.65. The van der Waals surface area contributed by atoms with E-state index in [2.05, 4.69) is 16.9 Å². The van der Waals surface area contributed by atoms with Crippen LogP contribution in [0.15, 0.2) is 36.9 Å². The minimum absolute atomic E-state index is 0.264. The Kier molecular flexibility index (Phi) is 6.47. The average Bonchev–Trinajstić information content (AvgIpc) is 2.68. The third-order valence-corrected chi connectivity index (χ3v) is 5.39. The van der Waals surface area contributed by atoms with Gasteiger partial charge in [-0.15, -0.1) is 0 Å². The molecule has 30 heavy (non-hydrogen) atoms. The van der Waals surface area contributed by atoms with Crippen molar-refractivity contribution in [1.82, 2.24) is 9.88 Å². The van der Waals surface area contributed by atoms with Gasteiger partial charge in [0.05, 0.1) is 29.6 Å². The molecule has 1 aliphatic rings. The van der Waals surface area contributed by atoms with E-state index >= 15 is 0 Å². The van der Waals surface area contributed by atoms with Crippen molar-refractivity contribution < 1.29 is 22.7 Å². The first-order valence-corrected chi connectivity index (χ1v) is 9.69. The lowest BCUT2D eigenvalue weighted by molar-refractivity contribution is -0.0688. The molecule has 0 amide bonds. The predicted octanol–water partition coefficient (Wildman–Crippen LogP) is 4.66. The Hall–Kier alpha value is -2.45. The fourth-order valence-corrected chi connectivity index (χ4v) is 3.63. The van der Waals surface area contributed by atoms with Crippen molar-refractivity contribution in [3.63, 3.8) is 0 Å². The van der Waals surface area contributed by atoms with E-state index in [0.29, 0.717) is 35.3 Å². The summed E-state index contributed by atoms with van der Waals surface area (Å²) in [6.45, 7) is 5.64. The van der Waals surface area contributed by atoms with Crippen molar-refractivity contribution in [3.05, 3.63) is 48.3 Å². The molecule has 8 heteroatoms. The standard InChI is InChI=1S/C22H25F4N3O/c1-13(8-10-30)20-11-16-15(21(28-20)14(2)22(24,25)26)5-4-6-18(16)27-19-7-9-29(3)12-17(19)23/h4-6,8,11,17,19,27,30H,2,7,9-10,12H2,1,3H3/b13-8+/t17-,19+/m0/s1. The highest BCUT2D eigenvalue weighted by atomic mass is 19.4. The van der Waals surface area contributed by atoms with Gasteiger partial charge in [-0.3, -0.25) is 0 Å². The van der Waals surface area contributed by atoms with E-state index < -0.39 is 24.0 Å². The number of hydrogen-bond acceptors (Lipinski definition) is 4. The molecule has 1 saturated heterocycles. The molecule has 3 rings (SSSR count). The van der Waals surface area contributed by atoms with Crippen LogP contribution in [0.4, 0.5) is 23.2 Å². The Morgan fingerprint density at radius 2 is 2.10 bits per heavy atom. The third-order valence-electron chi connectivity index (χ3n) is 5.39. The van der Waals surface area contributed by atoms with Crippen molar-refractivity contribution in [2.45, 2.75) is 31.7 Å². The van der Waals surface area contributed by atoms with Gasteiger partial charge in [-0.25, -0.2) is 9.37 Å². The number of halogens is 4. The van der Waals surface area contributed by atoms with Crippen molar-refractivity contribution in [1.29, 1.82) is 0 Å². The molecule has 2 N–H and O–H groups in total. The fourth-order valence-electron chi connectivity index (χ4n) is 3.63. The van der Waals surface area contributed by atoms with Crippen LogP contribution in [-0.2, 0) is 0 Å². The average molecular weight is 423 g/mol. The molecule has 0 saturated carbocycles. The number of nitrogens with zero attached hydrogens (tertiary/aromatic N) is 2. The van der Waals surface area contributed by atoms with Crippen molar-refractivity contribution in [3.8, 4) is 0 Å². The highest BCUT2D eigenvalue weighted by Gasteiger charge is 2.35. The van der Waals surface area contributed by atoms with Gasteiger partial charge >= 0.3 is 6.18 Å². The highest BCUT2D eigenvalue weighted by molar-refractivity contribution is 6.01. The summed E-state index contributed by atoms with van der Waals surface area (Å²) < 4.78 is 54.9. The van der Waals surface area contributed by atoms with Crippen LogP contribution in [0.5, 0.6) is 0 Å². The molecular formula is C22H25F4N3O. The lowest BCUT2D eigenvalue weighted by Crippen LogP contribution is -2.46. The van der Waals surface area contributed by atoms with Gasteiger partial charge < -0.3 is 15.3 Å². The van der Waals surface area contributed by atoms with Crippen molar-refractivity contribution in [2.24, 2.45) is 0 Å². The van der Waals surface area contributed by atoms with Gasteiger partial charge in [0.1, 0.15) is 6.17 Å². The number of hydrogen-bond donors (Lipinski definition) is 2. The van der Waals surface area contributed by atoms with Gasteiger partial charge in [0.25, 0.3) is 0 Å². The second-order valence-corrected chi connectivity index (χ2v) is 7.62. The molecule has 0 bridgehead atoms. The molecule has 0 radical (unpaired) electrons. The Morgan fingerprint density at radius 3 is 2.73 bits per heavy atom. The quantitative estimate of drug-likeness (QED) is 0.687. The first-order chi connectivity index (χ1) is 14.1. The molecule has 2 aromatic rings. The highest BCUT2D eigenvalue weighted by Crippen LogP contribution is 2.38. The normalized spacial score (nSPS) is 21.1. The molecule has 2 heterocycles. The Bertz CT molecular complexity index is 971. The van der Waals surface area contributed by atoms with Gasteiger partial charge in [0, 0.05) is 29.5 Å². The largest absolute Gasteiger partial charge is 0.417 e. The maximum Gasteiger partial charge on any atom is 0.417 e.